The van der Waals surface area contributed by atoms with Crippen LogP contribution in [-0.2, 0) is 4.79 Å². The molecular formula is C4H8O3S. The zero-order valence-electron chi connectivity index (χ0n) is 4.46. The van der Waals surface area contributed by atoms with E-state index in [1.807, 2.05) is 0 Å². The SMILES string of the molecule is CC(O)(S)CC(=O)O. The lowest BCUT2D eigenvalue weighted by molar-refractivity contribution is -0.139. The molecule has 4 heteroatoms. The third kappa shape index (κ3) is 5.78. The van der Waals surface area contributed by atoms with Crippen LogP contribution in [0.3, 0.4) is 0 Å². The number of thiol groups is 1. The number of aliphatic hydroxyl groups is 1. The fraction of sp³-hybridized carbons (Fsp3) is 0.750. The molecular weight excluding hydrogens is 128 g/mol. The minimum absolute atomic E-state index is 0.337. The number of carbonyl (C=O) groups is 1. The lowest BCUT2D eigenvalue weighted by Crippen LogP contribution is -2.19. The Hall–Kier alpha value is -0.220. The molecule has 0 amide bonds. The Balaban J connectivity index is 3.55. The molecule has 48 valence electrons. The van der Waals surface area contributed by atoms with Gasteiger partial charge in [-0.15, -0.1) is 12.6 Å². The normalized spacial score (nSPS) is 17.4. The smallest absolute Gasteiger partial charge is 0.307 e. The molecule has 8 heavy (non-hydrogen) atoms. The lowest BCUT2D eigenvalue weighted by Gasteiger charge is -2.10. The zero-order valence-corrected chi connectivity index (χ0v) is 5.35. The fourth-order valence-corrected chi connectivity index (χ4v) is 0.422. The minimum Gasteiger partial charge on any atom is -0.481 e. The van der Waals surface area contributed by atoms with Crippen LogP contribution in [0.2, 0.25) is 0 Å². The number of rotatable bonds is 2. The largest absolute Gasteiger partial charge is 0.481 e. The quantitative estimate of drug-likeness (QED) is 0.373. The van der Waals surface area contributed by atoms with E-state index in [1.54, 1.807) is 0 Å². The monoisotopic (exact) mass is 136 g/mol. The van der Waals surface area contributed by atoms with Crippen LogP contribution in [0, 0.1) is 0 Å². The van der Waals surface area contributed by atoms with E-state index in [0.717, 1.165) is 0 Å². The summed E-state index contributed by atoms with van der Waals surface area (Å²) in [6.45, 7) is 1.32. The molecule has 0 aliphatic rings. The van der Waals surface area contributed by atoms with Gasteiger partial charge in [-0.25, -0.2) is 0 Å². The number of aliphatic carboxylic acids is 1. The van der Waals surface area contributed by atoms with E-state index in [9.17, 15) is 4.79 Å². The standard InChI is InChI=1S/C4H8O3S/c1-4(7,8)2-3(5)6/h7-8H,2H2,1H3,(H,5,6). The first-order chi connectivity index (χ1) is 3.42. The van der Waals surface area contributed by atoms with E-state index >= 15 is 0 Å². The highest BCUT2D eigenvalue weighted by Crippen LogP contribution is 2.12. The summed E-state index contributed by atoms with van der Waals surface area (Å²) in [7, 11) is 0. The highest BCUT2D eigenvalue weighted by Gasteiger charge is 2.17. The Morgan fingerprint density at radius 1 is 1.88 bits per heavy atom. The average molecular weight is 136 g/mol. The maximum atomic E-state index is 9.81. The van der Waals surface area contributed by atoms with Gasteiger partial charge < -0.3 is 10.2 Å². The summed E-state index contributed by atoms with van der Waals surface area (Å²) in [5, 5.41) is 16.7. The van der Waals surface area contributed by atoms with E-state index in [4.69, 9.17) is 10.2 Å². The first kappa shape index (κ1) is 7.78. The molecule has 0 aliphatic carbocycles. The van der Waals surface area contributed by atoms with Gasteiger partial charge in [0.1, 0.15) is 4.93 Å². The molecule has 0 saturated carbocycles. The predicted octanol–water partition coefficient (Wildman–Crippen LogP) is 0.0994. The molecule has 3 nitrogen and oxygen atoms in total. The van der Waals surface area contributed by atoms with Gasteiger partial charge in [-0.3, -0.25) is 4.79 Å². The molecule has 0 spiro atoms. The second-order valence-electron chi connectivity index (χ2n) is 1.79. The molecule has 0 bridgehead atoms. The van der Waals surface area contributed by atoms with Crippen LogP contribution in [0.1, 0.15) is 13.3 Å². The van der Waals surface area contributed by atoms with Crippen LogP contribution in [-0.4, -0.2) is 21.1 Å². The van der Waals surface area contributed by atoms with Crippen molar-refractivity contribution in [2.45, 2.75) is 18.3 Å². The Morgan fingerprint density at radius 2 is 2.25 bits per heavy atom. The van der Waals surface area contributed by atoms with Crippen LogP contribution in [0.5, 0.6) is 0 Å². The maximum absolute atomic E-state index is 9.81. The summed E-state index contributed by atoms with van der Waals surface area (Å²) in [5.74, 6) is -1.05. The van der Waals surface area contributed by atoms with Crippen molar-refractivity contribution in [1.82, 2.24) is 0 Å². The number of carboxylic acid groups (broad SMARTS) is 1. The second-order valence-corrected chi connectivity index (χ2v) is 2.75. The molecule has 0 aromatic rings. The molecule has 0 aromatic heterocycles. The third-order valence-electron chi connectivity index (χ3n) is 0.486. The Bertz CT molecular complexity index is 93.9. The van der Waals surface area contributed by atoms with Crippen molar-refractivity contribution in [3.05, 3.63) is 0 Å². The van der Waals surface area contributed by atoms with Crippen molar-refractivity contribution in [1.29, 1.82) is 0 Å². The van der Waals surface area contributed by atoms with Gasteiger partial charge in [0.25, 0.3) is 0 Å². The van der Waals surface area contributed by atoms with Crippen LogP contribution >= 0.6 is 12.6 Å². The van der Waals surface area contributed by atoms with Crippen molar-refractivity contribution < 1.29 is 15.0 Å². The Morgan fingerprint density at radius 3 is 2.25 bits per heavy atom. The first-order valence-electron chi connectivity index (χ1n) is 2.08. The van der Waals surface area contributed by atoms with Crippen molar-refractivity contribution in [2.75, 3.05) is 0 Å². The maximum Gasteiger partial charge on any atom is 0.307 e. The molecule has 0 aliphatic heterocycles. The molecule has 1 unspecified atom stereocenters. The van der Waals surface area contributed by atoms with E-state index < -0.39 is 10.9 Å². The summed E-state index contributed by atoms with van der Waals surface area (Å²) >= 11 is 3.57. The highest BCUT2D eigenvalue weighted by molar-refractivity contribution is 7.81. The van der Waals surface area contributed by atoms with Crippen molar-refractivity contribution in [3.8, 4) is 0 Å². The summed E-state index contributed by atoms with van der Waals surface area (Å²) in [6.07, 6.45) is -0.337. The summed E-state index contributed by atoms with van der Waals surface area (Å²) in [4.78, 5) is 8.42. The second kappa shape index (κ2) is 2.37. The van der Waals surface area contributed by atoms with Gasteiger partial charge >= 0.3 is 5.97 Å². The summed E-state index contributed by atoms with van der Waals surface area (Å²) in [6, 6.07) is 0. The molecule has 0 saturated heterocycles. The number of carboxylic acids is 1. The van der Waals surface area contributed by atoms with Gasteiger partial charge in [0.05, 0.1) is 6.42 Å². The van der Waals surface area contributed by atoms with Crippen molar-refractivity contribution in [3.63, 3.8) is 0 Å². The summed E-state index contributed by atoms with van der Waals surface area (Å²) in [5.41, 5.74) is 0. The zero-order chi connectivity index (χ0) is 6.78. The van der Waals surface area contributed by atoms with E-state index in [1.165, 1.54) is 6.92 Å². The number of hydrogen-bond donors (Lipinski definition) is 3. The molecule has 0 aromatic carbocycles. The molecule has 0 radical (unpaired) electrons. The van der Waals surface area contributed by atoms with Gasteiger partial charge in [-0.05, 0) is 6.92 Å². The van der Waals surface area contributed by atoms with Gasteiger partial charge in [-0.2, -0.15) is 0 Å². The lowest BCUT2D eigenvalue weighted by atomic mass is 10.3. The molecule has 0 rings (SSSR count). The van der Waals surface area contributed by atoms with Crippen LogP contribution in [0.25, 0.3) is 0 Å². The fourth-order valence-electron chi connectivity index (χ4n) is 0.286. The highest BCUT2D eigenvalue weighted by atomic mass is 32.1. The van der Waals surface area contributed by atoms with Gasteiger partial charge in [-0.1, -0.05) is 0 Å². The Kier molecular flexibility index (Phi) is 2.30. The van der Waals surface area contributed by atoms with Crippen LogP contribution in [0.4, 0.5) is 0 Å². The van der Waals surface area contributed by atoms with E-state index in [-0.39, 0.29) is 6.42 Å². The van der Waals surface area contributed by atoms with Crippen molar-refractivity contribution in [2.24, 2.45) is 0 Å². The van der Waals surface area contributed by atoms with E-state index in [2.05, 4.69) is 12.6 Å². The molecule has 0 fully saturated rings. The van der Waals surface area contributed by atoms with Crippen LogP contribution < -0.4 is 0 Å². The molecule has 0 heterocycles. The first-order valence-corrected chi connectivity index (χ1v) is 2.53. The van der Waals surface area contributed by atoms with Gasteiger partial charge in [0.2, 0.25) is 0 Å². The van der Waals surface area contributed by atoms with Gasteiger partial charge in [0.15, 0.2) is 0 Å². The predicted molar refractivity (Wildman–Crippen MR) is 31.9 cm³/mol. The molecule has 1 atom stereocenters. The number of hydrogen-bond acceptors (Lipinski definition) is 3. The average Bonchev–Trinajstić information content (AvgIpc) is 1.21. The van der Waals surface area contributed by atoms with E-state index in [0.29, 0.717) is 0 Å². The minimum atomic E-state index is -1.38. The van der Waals surface area contributed by atoms with Gasteiger partial charge in [0, 0.05) is 0 Å². The third-order valence-corrected chi connectivity index (χ3v) is 0.644. The van der Waals surface area contributed by atoms with Crippen molar-refractivity contribution >= 4 is 18.6 Å². The van der Waals surface area contributed by atoms with Crippen LogP contribution in [0.15, 0.2) is 0 Å². The Labute approximate surface area is 52.7 Å². The molecule has 2 N–H and O–H groups in total. The topological polar surface area (TPSA) is 57.5 Å². The summed E-state index contributed by atoms with van der Waals surface area (Å²) < 4.78 is 0.